The molecule has 80 heavy (non-hydrogen) atoms. The molecule has 0 radical (unpaired) electrons. The number of hydrogen-bond acceptors (Lipinski definition) is 6. The highest BCUT2D eigenvalue weighted by Gasteiger charge is 2.19. The predicted octanol–water partition coefficient (Wildman–Crippen LogP) is 23.2. The summed E-state index contributed by atoms with van der Waals surface area (Å²) in [4.78, 5) is 38.4. The minimum atomic E-state index is -0.803. The second-order valence-electron chi connectivity index (χ2n) is 22.0. The van der Waals surface area contributed by atoms with Crippen molar-refractivity contribution in [3.8, 4) is 0 Å². The lowest BCUT2D eigenvalue weighted by atomic mass is 10.0. The van der Waals surface area contributed by atoms with Crippen molar-refractivity contribution < 1.29 is 28.6 Å². The first-order valence-electron chi connectivity index (χ1n) is 33.5. The van der Waals surface area contributed by atoms with Gasteiger partial charge in [-0.25, -0.2) is 0 Å². The quantitative estimate of drug-likeness (QED) is 0.0261. The fourth-order valence-corrected chi connectivity index (χ4v) is 9.26. The summed E-state index contributed by atoms with van der Waals surface area (Å²) < 4.78 is 16.9. The monoisotopic (exact) mass is 1110 g/mol. The molecule has 456 valence electrons. The van der Waals surface area contributed by atoms with Gasteiger partial charge in [-0.3, -0.25) is 14.4 Å². The van der Waals surface area contributed by atoms with E-state index in [2.05, 4.69) is 142 Å². The van der Waals surface area contributed by atoms with Crippen LogP contribution in [0.15, 0.2) is 122 Å². The fraction of sp³-hybridized carbons (Fsp3) is 0.689. The number of rotatable bonds is 60. The van der Waals surface area contributed by atoms with Gasteiger partial charge in [0.1, 0.15) is 13.2 Å². The molecule has 0 saturated carbocycles. The van der Waals surface area contributed by atoms with Gasteiger partial charge in [0.15, 0.2) is 6.10 Å². The Morgan fingerprint density at radius 2 is 0.487 bits per heavy atom. The Hall–Kier alpha value is -4.19. The molecule has 0 N–H and O–H groups in total. The molecule has 0 saturated heterocycles. The van der Waals surface area contributed by atoms with Crippen molar-refractivity contribution >= 4 is 17.9 Å². The maximum Gasteiger partial charge on any atom is 0.306 e. The van der Waals surface area contributed by atoms with Crippen LogP contribution in [-0.4, -0.2) is 37.2 Å². The Morgan fingerprint density at radius 1 is 0.263 bits per heavy atom. The summed E-state index contributed by atoms with van der Waals surface area (Å²) in [6.45, 7) is 6.40. The lowest BCUT2D eigenvalue weighted by molar-refractivity contribution is -0.167. The summed E-state index contributed by atoms with van der Waals surface area (Å²) in [5.41, 5.74) is 0. The van der Waals surface area contributed by atoms with Gasteiger partial charge in [0.05, 0.1) is 0 Å². The zero-order chi connectivity index (χ0) is 57.8. The molecule has 0 amide bonds. The average molecular weight is 1110 g/mol. The van der Waals surface area contributed by atoms with Crippen molar-refractivity contribution in [1.29, 1.82) is 0 Å². The summed E-state index contributed by atoms with van der Waals surface area (Å²) in [5, 5.41) is 0. The number of carbonyl (C=O) groups excluding carboxylic acids is 3. The van der Waals surface area contributed by atoms with Crippen molar-refractivity contribution in [2.24, 2.45) is 0 Å². The Labute approximate surface area is 494 Å². The van der Waals surface area contributed by atoms with Crippen LogP contribution in [0, 0.1) is 0 Å². The lowest BCUT2D eigenvalue weighted by Crippen LogP contribution is -2.30. The van der Waals surface area contributed by atoms with Crippen LogP contribution >= 0.6 is 0 Å². The first kappa shape index (κ1) is 75.8. The summed E-state index contributed by atoms with van der Waals surface area (Å²) in [6.07, 6.45) is 93.6. The molecule has 0 rings (SSSR count). The van der Waals surface area contributed by atoms with Crippen LogP contribution in [0.2, 0.25) is 0 Å². The highest BCUT2D eigenvalue weighted by atomic mass is 16.6. The Bertz CT molecular complexity index is 1650. The smallest absolute Gasteiger partial charge is 0.306 e. The van der Waals surface area contributed by atoms with Crippen LogP contribution in [0.4, 0.5) is 0 Å². The molecule has 0 heterocycles. The number of unbranched alkanes of at least 4 members (excludes halogenated alkanes) is 29. The molecule has 0 aromatic rings. The Balaban J connectivity index is 4.43. The van der Waals surface area contributed by atoms with E-state index in [1.54, 1.807) is 0 Å². The second-order valence-corrected chi connectivity index (χ2v) is 22.0. The van der Waals surface area contributed by atoms with Gasteiger partial charge in [0.2, 0.25) is 0 Å². The van der Waals surface area contributed by atoms with Crippen molar-refractivity contribution in [1.82, 2.24) is 0 Å². The zero-order valence-electron chi connectivity index (χ0n) is 52.3. The van der Waals surface area contributed by atoms with Gasteiger partial charge in [-0.2, -0.15) is 0 Å². The molecule has 0 aliphatic rings. The van der Waals surface area contributed by atoms with Crippen LogP contribution in [-0.2, 0) is 28.6 Å². The number of ether oxygens (including phenoxy) is 3. The van der Waals surface area contributed by atoms with Crippen molar-refractivity contribution in [3.63, 3.8) is 0 Å². The zero-order valence-corrected chi connectivity index (χ0v) is 52.3. The number of esters is 3. The SMILES string of the molecule is CC/C=C\C/C=C\C/C=C\C/C=C\C/C=C\C/C=C\C/C=C\CCCCCC(=O)OCC(COC(=O)CCCCCCC/C=C\C/C=C\C/C=C\CC)OC(=O)CCCCCCCCCCCCCCCCCCCCCCCC. The Morgan fingerprint density at radius 3 is 0.775 bits per heavy atom. The van der Waals surface area contributed by atoms with Gasteiger partial charge in [-0.05, 0) is 109 Å². The minimum Gasteiger partial charge on any atom is -0.462 e. The molecule has 0 aliphatic heterocycles. The highest BCUT2D eigenvalue weighted by molar-refractivity contribution is 5.71. The van der Waals surface area contributed by atoms with Gasteiger partial charge in [-0.1, -0.05) is 303 Å². The topological polar surface area (TPSA) is 78.9 Å². The van der Waals surface area contributed by atoms with Crippen molar-refractivity contribution in [2.45, 2.75) is 316 Å². The highest BCUT2D eigenvalue weighted by Crippen LogP contribution is 2.17. The summed E-state index contributed by atoms with van der Waals surface area (Å²) in [7, 11) is 0. The van der Waals surface area contributed by atoms with Crippen LogP contribution in [0.5, 0.6) is 0 Å². The second kappa shape index (κ2) is 67.3. The first-order chi connectivity index (χ1) is 39.5. The Kier molecular flexibility index (Phi) is 63.8. The molecule has 1 atom stereocenters. The molecular weight excluding hydrogens is 985 g/mol. The van der Waals surface area contributed by atoms with Crippen LogP contribution in [0.3, 0.4) is 0 Å². The number of carbonyl (C=O) groups is 3. The van der Waals surface area contributed by atoms with Gasteiger partial charge in [0, 0.05) is 19.3 Å². The molecule has 0 fully saturated rings. The third-order valence-electron chi connectivity index (χ3n) is 14.2. The summed E-state index contributed by atoms with van der Waals surface area (Å²) in [6, 6.07) is 0. The van der Waals surface area contributed by atoms with E-state index < -0.39 is 6.10 Å². The summed E-state index contributed by atoms with van der Waals surface area (Å²) in [5.74, 6) is -0.937. The van der Waals surface area contributed by atoms with E-state index in [0.717, 1.165) is 148 Å². The van der Waals surface area contributed by atoms with E-state index >= 15 is 0 Å². The largest absolute Gasteiger partial charge is 0.462 e. The van der Waals surface area contributed by atoms with E-state index in [-0.39, 0.29) is 31.1 Å². The van der Waals surface area contributed by atoms with E-state index in [0.29, 0.717) is 19.3 Å². The van der Waals surface area contributed by atoms with E-state index in [9.17, 15) is 14.4 Å². The average Bonchev–Trinajstić information content (AvgIpc) is 3.46. The molecule has 6 nitrogen and oxygen atoms in total. The van der Waals surface area contributed by atoms with Gasteiger partial charge >= 0.3 is 17.9 Å². The van der Waals surface area contributed by atoms with Gasteiger partial charge in [-0.15, -0.1) is 0 Å². The van der Waals surface area contributed by atoms with Crippen molar-refractivity contribution in [3.05, 3.63) is 122 Å². The third kappa shape index (κ3) is 64.6. The van der Waals surface area contributed by atoms with E-state index in [1.165, 1.54) is 122 Å². The number of hydrogen-bond donors (Lipinski definition) is 0. The molecular formula is C74H124O6. The van der Waals surface area contributed by atoms with Crippen LogP contribution < -0.4 is 0 Å². The molecule has 0 aliphatic carbocycles. The molecule has 0 aromatic heterocycles. The lowest BCUT2D eigenvalue weighted by Gasteiger charge is -2.18. The number of allylic oxidation sites excluding steroid dienone is 20. The van der Waals surface area contributed by atoms with Crippen molar-refractivity contribution in [2.75, 3.05) is 13.2 Å². The maximum atomic E-state index is 12.9. The molecule has 0 spiro atoms. The van der Waals surface area contributed by atoms with E-state index in [4.69, 9.17) is 14.2 Å². The fourth-order valence-electron chi connectivity index (χ4n) is 9.26. The van der Waals surface area contributed by atoms with Gasteiger partial charge in [0.25, 0.3) is 0 Å². The van der Waals surface area contributed by atoms with Crippen LogP contribution in [0.25, 0.3) is 0 Å². The van der Waals surface area contributed by atoms with Gasteiger partial charge < -0.3 is 14.2 Å². The van der Waals surface area contributed by atoms with Crippen LogP contribution in [0.1, 0.15) is 310 Å². The third-order valence-corrected chi connectivity index (χ3v) is 14.2. The molecule has 0 aromatic carbocycles. The first-order valence-corrected chi connectivity index (χ1v) is 33.5. The van der Waals surface area contributed by atoms with E-state index in [1.807, 2.05) is 0 Å². The normalized spacial score (nSPS) is 12.9. The molecule has 0 bridgehead atoms. The standard InChI is InChI=1S/C74H124O6/c1-4-7-10-13-16-19-22-25-28-30-32-34-36-37-38-40-41-43-46-49-52-55-58-61-64-67-73(76)79-70-71(69-78-72(75)66-63-60-57-54-51-48-45-27-24-21-18-15-12-9-6-3)80-74(77)68-65-62-59-56-53-50-47-44-42-39-35-33-31-29-26-23-20-17-14-11-8-5-2/h7,9-10,12,16,18-19,21,25,27-28,32,34,37-38,41,43,45,49,52,71H,4-6,8,11,13-15,17,20,22-24,26,29-31,33,35-36,39-40,42,44,46-48,50-51,53-70H2,1-3H3/b10-7-,12-9-,19-16-,21-18-,28-25-,34-32-,38-37-,43-41-,45-27-,52-49-. The molecule has 6 heteroatoms. The minimum absolute atomic E-state index is 0.0981. The maximum absolute atomic E-state index is 12.9. The predicted molar refractivity (Wildman–Crippen MR) is 348 cm³/mol. The molecule has 1 unspecified atom stereocenters. The summed E-state index contributed by atoms with van der Waals surface area (Å²) >= 11 is 0.